The van der Waals surface area contributed by atoms with Crippen LogP contribution in [0.1, 0.15) is 42.6 Å². The molecule has 23 heavy (non-hydrogen) atoms. The average Bonchev–Trinajstić information content (AvgIpc) is 3.03. The molecule has 2 saturated heterocycles. The molecule has 4 heterocycles. The molecule has 3 aliphatic heterocycles. The van der Waals surface area contributed by atoms with Crippen LogP contribution >= 0.6 is 0 Å². The predicted octanol–water partition coefficient (Wildman–Crippen LogP) is 1.96. The molecule has 2 fully saturated rings. The van der Waals surface area contributed by atoms with Gasteiger partial charge in [0.15, 0.2) is 0 Å². The van der Waals surface area contributed by atoms with Crippen molar-refractivity contribution in [3.05, 3.63) is 17.0 Å². The first-order chi connectivity index (χ1) is 11.3. The summed E-state index contributed by atoms with van der Waals surface area (Å²) in [6, 6.07) is 0.699. The van der Waals surface area contributed by atoms with Crippen LogP contribution in [-0.2, 0) is 17.6 Å². The highest BCUT2D eigenvalue weighted by molar-refractivity contribution is 5.38. The number of ether oxygens (including phenoxy) is 1. The zero-order chi connectivity index (χ0) is 15.6. The summed E-state index contributed by atoms with van der Waals surface area (Å²) in [5.74, 6) is 0.971. The van der Waals surface area contributed by atoms with Crippen molar-refractivity contribution < 1.29 is 4.74 Å². The van der Waals surface area contributed by atoms with Gasteiger partial charge in [0.1, 0.15) is 0 Å². The summed E-state index contributed by atoms with van der Waals surface area (Å²) in [4.78, 5) is 14.8. The lowest BCUT2D eigenvalue weighted by atomic mass is 10.1. The summed E-state index contributed by atoms with van der Waals surface area (Å²) < 4.78 is 5.52. The fraction of sp³-hybridized carbons (Fsp3) is 0.778. The maximum absolute atomic E-state index is 5.52. The molecule has 0 aromatic carbocycles. The van der Waals surface area contributed by atoms with Crippen molar-refractivity contribution in [2.24, 2.45) is 0 Å². The molecule has 1 aromatic heterocycles. The van der Waals surface area contributed by atoms with Gasteiger partial charge < -0.3 is 9.64 Å². The Hall–Kier alpha value is -1.20. The molecule has 1 aromatic rings. The highest BCUT2D eigenvalue weighted by atomic mass is 16.5. The zero-order valence-corrected chi connectivity index (χ0v) is 14.3. The van der Waals surface area contributed by atoms with Gasteiger partial charge in [-0.3, -0.25) is 4.90 Å². The molecular formula is C18H28N4O. The first-order valence-corrected chi connectivity index (χ1v) is 9.24. The second-order valence-corrected chi connectivity index (χ2v) is 7.11. The maximum Gasteiger partial charge on any atom is 0.225 e. The Kier molecular flexibility index (Phi) is 4.49. The first-order valence-electron chi connectivity index (χ1n) is 9.24. The summed E-state index contributed by atoms with van der Waals surface area (Å²) in [7, 11) is 0. The zero-order valence-electron chi connectivity index (χ0n) is 14.3. The van der Waals surface area contributed by atoms with Crippen molar-refractivity contribution in [1.29, 1.82) is 0 Å². The van der Waals surface area contributed by atoms with Crippen LogP contribution in [0.25, 0.3) is 0 Å². The molecule has 5 heteroatoms. The molecule has 3 aliphatic rings. The average molecular weight is 316 g/mol. The molecular weight excluding hydrogens is 288 g/mol. The Balaban J connectivity index is 1.52. The monoisotopic (exact) mass is 316 g/mol. The summed E-state index contributed by atoms with van der Waals surface area (Å²) in [5.41, 5.74) is 3.90. The second kappa shape index (κ2) is 6.73. The van der Waals surface area contributed by atoms with E-state index in [1.807, 2.05) is 0 Å². The van der Waals surface area contributed by atoms with Gasteiger partial charge in [-0.25, -0.2) is 9.97 Å². The number of fused-ring (bicyclic) bond motifs is 1. The van der Waals surface area contributed by atoms with E-state index in [1.165, 1.54) is 42.6 Å². The van der Waals surface area contributed by atoms with Crippen LogP contribution in [0.4, 0.5) is 5.95 Å². The van der Waals surface area contributed by atoms with Gasteiger partial charge >= 0.3 is 0 Å². The lowest BCUT2D eigenvalue weighted by Crippen LogP contribution is -2.40. The van der Waals surface area contributed by atoms with Crippen LogP contribution < -0.4 is 4.90 Å². The van der Waals surface area contributed by atoms with E-state index in [0.29, 0.717) is 6.04 Å². The molecule has 126 valence electrons. The van der Waals surface area contributed by atoms with Crippen molar-refractivity contribution in [1.82, 2.24) is 14.9 Å². The summed E-state index contributed by atoms with van der Waals surface area (Å²) in [6.45, 7) is 8.53. The Labute approximate surface area is 139 Å². The van der Waals surface area contributed by atoms with Crippen molar-refractivity contribution in [3.63, 3.8) is 0 Å². The number of rotatable bonds is 2. The van der Waals surface area contributed by atoms with Crippen LogP contribution in [-0.4, -0.2) is 60.3 Å². The normalized spacial score (nSPS) is 23.8. The van der Waals surface area contributed by atoms with Crippen molar-refractivity contribution >= 4 is 5.95 Å². The molecule has 0 amide bonds. The molecule has 0 spiro atoms. The SMILES string of the molecule is Cc1nc(N2CCCC2)nc2c1CCN(C1CCOCC1)CC2. The lowest BCUT2D eigenvalue weighted by molar-refractivity contribution is 0.0355. The van der Waals surface area contributed by atoms with E-state index in [1.54, 1.807) is 0 Å². The number of anilines is 1. The molecule has 0 saturated carbocycles. The Morgan fingerprint density at radius 3 is 2.48 bits per heavy atom. The molecule has 0 atom stereocenters. The van der Waals surface area contributed by atoms with E-state index in [9.17, 15) is 0 Å². The van der Waals surface area contributed by atoms with E-state index in [4.69, 9.17) is 14.7 Å². The second-order valence-electron chi connectivity index (χ2n) is 7.11. The smallest absolute Gasteiger partial charge is 0.225 e. The van der Waals surface area contributed by atoms with Crippen LogP contribution in [0.3, 0.4) is 0 Å². The predicted molar refractivity (Wildman–Crippen MR) is 91.0 cm³/mol. The third kappa shape index (κ3) is 3.22. The highest BCUT2D eigenvalue weighted by Crippen LogP contribution is 2.24. The van der Waals surface area contributed by atoms with E-state index in [2.05, 4.69) is 16.7 Å². The Morgan fingerprint density at radius 2 is 1.70 bits per heavy atom. The minimum Gasteiger partial charge on any atom is -0.381 e. The minimum atomic E-state index is 0.699. The fourth-order valence-electron chi connectivity index (χ4n) is 4.26. The van der Waals surface area contributed by atoms with Gasteiger partial charge in [-0.2, -0.15) is 0 Å². The van der Waals surface area contributed by atoms with E-state index in [-0.39, 0.29) is 0 Å². The number of hydrogen-bond donors (Lipinski definition) is 0. The molecule has 0 radical (unpaired) electrons. The van der Waals surface area contributed by atoms with Crippen LogP contribution in [0.15, 0.2) is 0 Å². The number of hydrogen-bond acceptors (Lipinski definition) is 5. The summed E-state index contributed by atoms with van der Waals surface area (Å²) >= 11 is 0. The van der Waals surface area contributed by atoms with Crippen LogP contribution in [0.5, 0.6) is 0 Å². The van der Waals surface area contributed by atoms with Gasteiger partial charge in [-0.1, -0.05) is 0 Å². The molecule has 0 aliphatic carbocycles. The van der Waals surface area contributed by atoms with Crippen molar-refractivity contribution in [3.8, 4) is 0 Å². The molecule has 0 unspecified atom stereocenters. The third-order valence-electron chi connectivity index (χ3n) is 5.67. The molecule has 5 nitrogen and oxygen atoms in total. The topological polar surface area (TPSA) is 41.5 Å². The van der Waals surface area contributed by atoms with Crippen LogP contribution in [0, 0.1) is 6.92 Å². The molecule has 4 rings (SSSR count). The summed E-state index contributed by atoms with van der Waals surface area (Å²) in [6.07, 6.45) is 7.07. The molecule has 0 N–H and O–H groups in total. The highest BCUT2D eigenvalue weighted by Gasteiger charge is 2.26. The lowest BCUT2D eigenvalue weighted by Gasteiger charge is -2.33. The standard InChI is InChI=1S/C18H28N4O/c1-14-16-4-10-21(15-6-12-23-13-7-15)11-5-17(16)20-18(19-14)22-8-2-3-9-22/h15H,2-13H2,1H3. The first kappa shape index (κ1) is 15.3. The van der Waals surface area contributed by atoms with Crippen molar-refractivity contribution in [2.75, 3.05) is 44.3 Å². The number of aryl methyl sites for hydroxylation is 1. The quantitative estimate of drug-likeness (QED) is 0.834. The van der Waals surface area contributed by atoms with Gasteiger partial charge in [0, 0.05) is 57.5 Å². The van der Waals surface area contributed by atoms with Gasteiger partial charge in [0.2, 0.25) is 5.95 Å². The van der Waals surface area contributed by atoms with E-state index >= 15 is 0 Å². The van der Waals surface area contributed by atoms with Crippen LogP contribution in [0.2, 0.25) is 0 Å². The van der Waals surface area contributed by atoms with Gasteiger partial charge in [0.25, 0.3) is 0 Å². The van der Waals surface area contributed by atoms with E-state index in [0.717, 1.165) is 58.2 Å². The van der Waals surface area contributed by atoms with Crippen molar-refractivity contribution in [2.45, 2.75) is 51.5 Å². The largest absolute Gasteiger partial charge is 0.381 e. The summed E-state index contributed by atoms with van der Waals surface area (Å²) in [5, 5.41) is 0. The van der Waals surface area contributed by atoms with E-state index < -0.39 is 0 Å². The van der Waals surface area contributed by atoms with Gasteiger partial charge in [-0.15, -0.1) is 0 Å². The maximum atomic E-state index is 5.52. The van der Waals surface area contributed by atoms with Gasteiger partial charge in [0.05, 0.1) is 5.69 Å². The minimum absolute atomic E-state index is 0.699. The third-order valence-corrected chi connectivity index (χ3v) is 5.67. The Morgan fingerprint density at radius 1 is 0.957 bits per heavy atom. The molecule has 0 bridgehead atoms. The Bertz CT molecular complexity index is 550. The number of aromatic nitrogens is 2. The van der Waals surface area contributed by atoms with Gasteiger partial charge in [-0.05, 0) is 44.6 Å². The fourth-order valence-corrected chi connectivity index (χ4v) is 4.26. The number of nitrogens with zero attached hydrogens (tertiary/aromatic N) is 4.